The number of nitrogens with two attached hydrogens (primary N) is 1. The second kappa shape index (κ2) is 11.6. The summed E-state index contributed by atoms with van der Waals surface area (Å²) in [7, 11) is 0. The van der Waals surface area contributed by atoms with E-state index in [4.69, 9.17) is 27.2 Å². The number of nitrogens with one attached hydrogen (secondary N) is 1. The molecule has 3 atom stereocenters. The van der Waals surface area contributed by atoms with Crippen molar-refractivity contribution in [3.05, 3.63) is 58.6 Å². The first kappa shape index (κ1) is 27.2. The van der Waals surface area contributed by atoms with Gasteiger partial charge in [-0.2, -0.15) is 0 Å². The first-order valence-corrected chi connectivity index (χ1v) is 11.2. The van der Waals surface area contributed by atoms with E-state index < -0.39 is 47.6 Å². The Morgan fingerprint density at radius 3 is 2.38 bits per heavy atom. The zero-order valence-corrected chi connectivity index (χ0v) is 19.8. The van der Waals surface area contributed by atoms with E-state index in [1.54, 1.807) is 0 Å². The first-order valence-electron chi connectivity index (χ1n) is 10.8. The van der Waals surface area contributed by atoms with Crippen LogP contribution in [0.3, 0.4) is 0 Å². The highest BCUT2D eigenvalue weighted by molar-refractivity contribution is 6.45. The number of carboxylic acids is 2. The van der Waals surface area contributed by atoms with Gasteiger partial charge < -0.3 is 41.2 Å². The molecular formula is C23H23ClN4O9. The van der Waals surface area contributed by atoms with E-state index in [2.05, 4.69) is 10.5 Å². The number of rotatable bonds is 11. The molecule has 3 rings (SSSR count). The molecule has 1 heterocycles. The maximum Gasteiger partial charge on any atom is 0.331 e. The minimum Gasteiger partial charge on any atom is -0.506 e. The second-order valence-corrected chi connectivity index (χ2v) is 8.43. The number of ether oxygens (including phenoxy) is 1. The molecule has 0 saturated carbocycles. The number of halogens is 1. The second-order valence-electron chi connectivity index (χ2n) is 8.02. The van der Waals surface area contributed by atoms with Gasteiger partial charge in [-0.1, -0.05) is 22.8 Å². The molecule has 2 amide bonds. The van der Waals surface area contributed by atoms with Crippen LogP contribution in [0.1, 0.15) is 23.6 Å². The van der Waals surface area contributed by atoms with Crippen LogP contribution in [-0.4, -0.2) is 80.1 Å². The highest BCUT2D eigenvalue weighted by Crippen LogP contribution is 2.32. The van der Waals surface area contributed by atoms with Crippen molar-refractivity contribution in [3.8, 4) is 11.5 Å². The van der Waals surface area contributed by atoms with Crippen molar-refractivity contribution in [1.82, 2.24) is 10.2 Å². The summed E-state index contributed by atoms with van der Waals surface area (Å²) in [5.74, 6) is -3.91. The van der Waals surface area contributed by atoms with E-state index in [9.17, 15) is 34.6 Å². The van der Waals surface area contributed by atoms with Gasteiger partial charge in [-0.25, -0.2) is 4.79 Å². The Balaban J connectivity index is 1.60. The molecule has 7 N–H and O–H groups in total. The Kier molecular flexibility index (Phi) is 8.52. The van der Waals surface area contributed by atoms with Crippen LogP contribution in [0.25, 0.3) is 0 Å². The summed E-state index contributed by atoms with van der Waals surface area (Å²) < 4.78 is 5.40. The standard InChI is InChI=1S/C23H23ClN4O9/c24-14-9-12(3-6-17(14)29)19(23(34)35)28-10-16(21(28)31)26-20(30)18(27-36)11-1-4-13(5-2-11)37-8-7-15(25)22(32)33/h1-6,9,15-16,19,29,36H,7-8,10,25H2,(H,26,30)(H,32,33)(H,34,35)/b27-18+/t15-,16-,19+/m0/s1. The van der Waals surface area contributed by atoms with Crippen molar-refractivity contribution in [2.45, 2.75) is 24.5 Å². The van der Waals surface area contributed by atoms with Crippen molar-refractivity contribution in [3.63, 3.8) is 0 Å². The molecule has 196 valence electrons. The molecule has 0 radical (unpaired) electrons. The lowest BCUT2D eigenvalue weighted by molar-refractivity contribution is -0.160. The van der Waals surface area contributed by atoms with Gasteiger partial charge >= 0.3 is 11.9 Å². The minimum absolute atomic E-state index is 0.0439. The number of aliphatic carboxylic acids is 2. The van der Waals surface area contributed by atoms with Crippen LogP contribution in [0.4, 0.5) is 0 Å². The molecule has 37 heavy (non-hydrogen) atoms. The highest BCUT2D eigenvalue weighted by Gasteiger charge is 2.45. The van der Waals surface area contributed by atoms with Crippen molar-refractivity contribution in [2.75, 3.05) is 13.2 Å². The molecule has 0 spiro atoms. The van der Waals surface area contributed by atoms with E-state index >= 15 is 0 Å². The lowest BCUT2D eigenvalue weighted by Gasteiger charge is -2.42. The number of amides is 2. The number of carbonyl (C=O) groups is 4. The SMILES string of the molecule is N[C@@H](CCOc1ccc(/C(=N\O)C(=O)N[C@H]2CN([C@@H](C(=O)O)c3ccc(O)c(Cl)c3)C2=O)cc1)C(=O)O. The lowest BCUT2D eigenvalue weighted by atomic mass is 9.97. The Bertz CT molecular complexity index is 1240. The maximum absolute atomic E-state index is 12.7. The predicted octanol–water partition coefficient (Wildman–Crippen LogP) is 0.558. The predicted molar refractivity (Wildman–Crippen MR) is 128 cm³/mol. The molecule has 2 aromatic rings. The number of aromatic hydroxyl groups is 1. The van der Waals surface area contributed by atoms with Crippen LogP contribution < -0.4 is 15.8 Å². The summed E-state index contributed by atoms with van der Waals surface area (Å²) in [6.07, 6.45) is 0.0811. The Labute approximate surface area is 214 Å². The van der Waals surface area contributed by atoms with Crippen LogP contribution in [0.2, 0.25) is 5.02 Å². The molecule has 1 aliphatic heterocycles. The number of phenols is 1. The molecule has 1 fully saturated rings. The van der Waals surface area contributed by atoms with Crippen molar-refractivity contribution >= 4 is 41.1 Å². The minimum atomic E-state index is -1.39. The first-order chi connectivity index (χ1) is 17.5. The van der Waals surface area contributed by atoms with Crippen LogP contribution >= 0.6 is 11.6 Å². The fraction of sp³-hybridized carbons (Fsp3) is 0.261. The Hall–Kier alpha value is -4.36. The number of hydrogen-bond acceptors (Lipinski definition) is 9. The number of likely N-dealkylation sites (tertiary alicyclic amines) is 1. The van der Waals surface area contributed by atoms with E-state index in [0.29, 0.717) is 5.75 Å². The van der Waals surface area contributed by atoms with Crippen molar-refractivity contribution < 1.29 is 44.4 Å². The number of hydrogen-bond donors (Lipinski definition) is 6. The molecule has 2 aromatic carbocycles. The number of oxime groups is 1. The van der Waals surface area contributed by atoms with Crippen LogP contribution in [0.15, 0.2) is 47.6 Å². The molecule has 0 aromatic heterocycles. The van der Waals surface area contributed by atoms with E-state index in [1.807, 2.05) is 0 Å². The van der Waals surface area contributed by atoms with Crippen molar-refractivity contribution in [1.29, 1.82) is 0 Å². The number of benzene rings is 2. The molecule has 1 aliphatic rings. The molecule has 0 bridgehead atoms. The molecule has 13 nitrogen and oxygen atoms in total. The fourth-order valence-electron chi connectivity index (χ4n) is 3.54. The number of nitrogens with zero attached hydrogens (tertiary/aromatic N) is 2. The quantitative estimate of drug-likeness (QED) is 0.102. The van der Waals surface area contributed by atoms with Crippen molar-refractivity contribution in [2.24, 2.45) is 10.9 Å². The van der Waals surface area contributed by atoms with Gasteiger partial charge in [0.05, 0.1) is 18.2 Å². The third-order valence-electron chi connectivity index (χ3n) is 5.56. The summed E-state index contributed by atoms with van der Waals surface area (Å²) >= 11 is 5.86. The van der Waals surface area contributed by atoms with E-state index in [0.717, 1.165) is 4.90 Å². The Morgan fingerprint density at radius 2 is 1.84 bits per heavy atom. The average Bonchev–Trinajstić information content (AvgIpc) is 2.86. The van der Waals surface area contributed by atoms with Gasteiger partial charge in [-0.3, -0.25) is 14.4 Å². The normalized spacial score (nSPS) is 16.9. The largest absolute Gasteiger partial charge is 0.506 e. The smallest absolute Gasteiger partial charge is 0.331 e. The van der Waals surface area contributed by atoms with Gasteiger partial charge in [-0.15, -0.1) is 0 Å². The topological polar surface area (TPSA) is 212 Å². The average molecular weight is 535 g/mol. The maximum atomic E-state index is 12.7. The zero-order valence-electron chi connectivity index (χ0n) is 19.1. The summed E-state index contributed by atoms with van der Waals surface area (Å²) in [6, 6.07) is 6.04. The van der Waals surface area contributed by atoms with Crippen LogP contribution in [0, 0.1) is 0 Å². The number of β-lactam (4-membered cyclic amide) rings is 1. The third kappa shape index (κ3) is 6.26. The van der Waals surface area contributed by atoms with Gasteiger partial charge in [0.2, 0.25) is 5.91 Å². The van der Waals surface area contributed by atoms with Gasteiger partial charge in [0, 0.05) is 12.0 Å². The fourth-order valence-corrected chi connectivity index (χ4v) is 3.73. The lowest BCUT2D eigenvalue weighted by Crippen LogP contribution is -2.66. The summed E-state index contributed by atoms with van der Waals surface area (Å²) in [5.41, 5.74) is 5.37. The molecule has 14 heteroatoms. The highest BCUT2D eigenvalue weighted by atomic mass is 35.5. The van der Waals surface area contributed by atoms with Crippen LogP contribution in [-0.2, 0) is 19.2 Å². The summed E-state index contributed by atoms with van der Waals surface area (Å²) in [4.78, 5) is 48.9. The summed E-state index contributed by atoms with van der Waals surface area (Å²) in [6.45, 7) is -0.0910. The molecular weight excluding hydrogens is 512 g/mol. The van der Waals surface area contributed by atoms with Gasteiger partial charge in [0.15, 0.2) is 11.8 Å². The van der Waals surface area contributed by atoms with Gasteiger partial charge in [0.1, 0.15) is 23.6 Å². The van der Waals surface area contributed by atoms with Gasteiger partial charge in [0.25, 0.3) is 5.91 Å². The van der Waals surface area contributed by atoms with E-state index in [1.165, 1.54) is 42.5 Å². The third-order valence-corrected chi connectivity index (χ3v) is 5.86. The van der Waals surface area contributed by atoms with E-state index in [-0.39, 0.29) is 41.5 Å². The Morgan fingerprint density at radius 1 is 1.16 bits per heavy atom. The number of carboxylic acid groups (broad SMARTS) is 2. The molecule has 0 aliphatic carbocycles. The van der Waals surface area contributed by atoms with Gasteiger partial charge in [-0.05, 0) is 42.0 Å². The summed E-state index contributed by atoms with van der Waals surface area (Å²) in [5, 5.41) is 42.7. The monoisotopic (exact) mass is 534 g/mol. The molecule has 0 unspecified atom stereocenters. The number of phenolic OH excluding ortho intramolecular Hbond substituents is 1. The van der Waals surface area contributed by atoms with Crippen LogP contribution in [0.5, 0.6) is 11.5 Å². The number of carbonyl (C=O) groups excluding carboxylic acids is 2. The molecule has 1 saturated heterocycles. The zero-order chi connectivity index (χ0) is 27.3.